The molecule has 0 heterocycles. The molecule has 0 saturated carbocycles. The molecule has 7 heteroatoms. The fourth-order valence-corrected chi connectivity index (χ4v) is 0. The summed E-state index contributed by atoms with van der Waals surface area (Å²) in [7, 11) is 0. The van der Waals surface area contributed by atoms with E-state index in [2.05, 4.69) is 0 Å². The van der Waals surface area contributed by atoms with Crippen molar-refractivity contribution >= 4 is 0 Å². The Hall–Kier alpha value is 0.279. The van der Waals surface area contributed by atoms with Crippen LogP contribution in [0.1, 0.15) is 0 Å². The summed E-state index contributed by atoms with van der Waals surface area (Å²) in [6.45, 7) is 0. The molecule has 6 nitrogen and oxygen atoms in total. The summed E-state index contributed by atoms with van der Waals surface area (Å²) in [5, 5.41) is 0. The maximum atomic E-state index is 0. The van der Waals surface area contributed by atoms with Gasteiger partial charge in [-0.3, -0.25) is 0 Å². The molecule has 1 radical (unpaired) electrons. The van der Waals surface area contributed by atoms with Crippen LogP contribution in [0.3, 0.4) is 0 Å². The molecule has 0 spiro atoms. The van der Waals surface area contributed by atoms with Crippen LogP contribution in [0.4, 0.5) is 0 Å². The van der Waals surface area contributed by atoms with Crippen molar-refractivity contribution in [2.45, 2.75) is 0 Å². The first-order valence-corrected chi connectivity index (χ1v) is 0. The Morgan fingerprint density at radius 1 is 0.286 bits per heavy atom. The van der Waals surface area contributed by atoms with E-state index < -0.39 is 0 Å². The van der Waals surface area contributed by atoms with Gasteiger partial charge in [-0.25, -0.2) is 0 Å². The molecule has 6 N–H and O–H groups in total. The Labute approximate surface area is 50.8 Å². The van der Waals surface area contributed by atoms with Crippen LogP contribution in [-0.4, -0.2) is 32.9 Å². The maximum absolute atomic E-state index is 0. The van der Waals surface area contributed by atoms with Gasteiger partial charge >= 0.3 is 17.1 Å². The first-order chi connectivity index (χ1) is 0. The van der Waals surface area contributed by atoms with Crippen molar-refractivity contribution < 1.29 is 49.9 Å². The normalized spacial score (nSPS) is 0. The smallest absolute Gasteiger partial charge is 0.870 e. The third-order valence-electron chi connectivity index (χ3n) is 0. The zero-order valence-corrected chi connectivity index (χ0v) is 4.14. The van der Waals surface area contributed by atoms with Gasteiger partial charge in [-0.05, 0) is 0 Å². The van der Waals surface area contributed by atoms with Gasteiger partial charge in [0.2, 0.25) is 0 Å². The Morgan fingerprint density at radius 2 is 0.286 bits per heavy atom. The van der Waals surface area contributed by atoms with Crippen molar-refractivity contribution in [2.24, 2.45) is 0 Å². The van der Waals surface area contributed by atoms with Gasteiger partial charge in [-0.15, -0.1) is 0 Å². The third-order valence-corrected chi connectivity index (χ3v) is 0. The number of rotatable bonds is 0. The topological polar surface area (TPSA) is 180 Å². The van der Waals surface area contributed by atoms with E-state index in [1.807, 2.05) is 0 Å². The Balaban J connectivity index is 0. The Morgan fingerprint density at radius 3 is 0.286 bits per heavy atom. The van der Waals surface area contributed by atoms with Crippen LogP contribution in [0.5, 0.6) is 0 Å². The summed E-state index contributed by atoms with van der Waals surface area (Å²) in [6.07, 6.45) is 0. The standard InChI is InChI=1S/Fe.6H2O/h;6*1H2/q+3;;;;;;/p-6. The summed E-state index contributed by atoms with van der Waals surface area (Å²) < 4.78 is 0. The fraction of sp³-hybridized carbons (Fsp3) is 0. The molecule has 0 aliphatic carbocycles. The molecule has 0 atom stereocenters. The van der Waals surface area contributed by atoms with E-state index in [0.29, 0.717) is 0 Å². The van der Waals surface area contributed by atoms with E-state index in [9.17, 15) is 0 Å². The summed E-state index contributed by atoms with van der Waals surface area (Å²) in [5.74, 6) is 0. The molecule has 0 bridgehead atoms. The van der Waals surface area contributed by atoms with Crippen LogP contribution < -0.4 is 0 Å². The first-order valence-electron chi connectivity index (χ1n) is 0. The van der Waals surface area contributed by atoms with Crippen molar-refractivity contribution in [1.29, 1.82) is 0 Å². The molecule has 53 valence electrons. The third kappa shape index (κ3) is 1470. The maximum Gasteiger partial charge on any atom is 3.00 e. The van der Waals surface area contributed by atoms with Gasteiger partial charge < -0.3 is 32.9 Å². The van der Waals surface area contributed by atoms with Crippen LogP contribution in [0.25, 0.3) is 0 Å². The van der Waals surface area contributed by atoms with Crippen LogP contribution in [-0.2, 0) is 17.1 Å². The molecular weight excluding hydrogens is 152 g/mol. The zero-order chi connectivity index (χ0) is 0. The second-order valence-corrected chi connectivity index (χ2v) is 0. The number of hydrogen-bond donors (Lipinski definition) is 0. The minimum Gasteiger partial charge on any atom is -0.870 e. The Kier molecular flexibility index (Phi) is 1180000. The number of hydrogen-bond acceptors (Lipinski definition) is 6. The van der Waals surface area contributed by atoms with Crippen LogP contribution in [0.15, 0.2) is 0 Å². The molecule has 0 rings (SSSR count). The van der Waals surface area contributed by atoms with Crippen molar-refractivity contribution in [3.8, 4) is 0 Å². The molecule has 7 heavy (non-hydrogen) atoms. The van der Waals surface area contributed by atoms with E-state index in [4.69, 9.17) is 0 Å². The van der Waals surface area contributed by atoms with Gasteiger partial charge in [0.05, 0.1) is 0 Å². The van der Waals surface area contributed by atoms with Crippen LogP contribution in [0.2, 0.25) is 0 Å². The molecule has 0 saturated heterocycles. The van der Waals surface area contributed by atoms with E-state index >= 15 is 0 Å². The second kappa shape index (κ2) is 2240. The molecule has 0 aromatic rings. The van der Waals surface area contributed by atoms with E-state index in [-0.39, 0.29) is 49.9 Å². The van der Waals surface area contributed by atoms with Crippen molar-refractivity contribution in [3.63, 3.8) is 0 Å². The molecule has 0 amide bonds. The fourth-order valence-electron chi connectivity index (χ4n) is 0. The molecule has 0 fully saturated rings. The predicted molar refractivity (Wildman–Crippen MR) is 11.6 cm³/mol. The van der Waals surface area contributed by atoms with Gasteiger partial charge in [0.25, 0.3) is 0 Å². The Bertz CT molecular complexity index is 4.14. The SMILES string of the molecule is [Fe+3].[OH-].[OH-].[OH-].[OH-].[OH-].[OH-]. The predicted octanol–water partition coefficient (Wildman–Crippen LogP) is -1.06. The molecule has 0 aromatic carbocycles. The van der Waals surface area contributed by atoms with Gasteiger partial charge in [0, 0.05) is 0 Å². The summed E-state index contributed by atoms with van der Waals surface area (Å²) in [4.78, 5) is 0. The second-order valence-electron chi connectivity index (χ2n) is 0. The van der Waals surface area contributed by atoms with Gasteiger partial charge in [0.15, 0.2) is 0 Å². The van der Waals surface area contributed by atoms with E-state index in [0.717, 1.165) is 0 Å². The minimum atomic E-state index is 0. The molecule has 0 aliphatic rings. The van der Waals surface area contributed by atoms with E-state index in [1.165, 1.54) is 0 Å². The molecular formula is H6FeO6-3. The van der Waals surface area contributed by atoms with E-state index in [1.54, 1.807) is 0 Å². The van der Waals surface area contributed by atoms with Gasteiger partial charge in [-0.2, -0.15) is 0 Å². The average molecular weight is 158 g/mol. The molecule has 0 aliphatic heterocycles. The van der Waals surface area contributed by atoms with Gasteiger partial charge in [-0.1, -0.05) is 0 Å². The van der Waals surface area contributed by atoms with Crippen LogP contribution >= 0.6 is 0 Å². The summed E-state index contributed by atoms with van der Waals surface area (Å²) in [5.41, 5.74) is 0. The zero-order valence-electron chi connectivity index (χ0n) is 3.04. The summed E-state index contributed by atoms with van der Waals surface area (Å²) in [6, 6.07) is 0. The summed E-state index contributed by atoms with van der Waals surface area (Å²) >= 11 is 0. The molecule has 0 unspecified atom stereocenters. The van der Waals surface area contributed by atoms with Crippen molar-refractivity contribution in [3.05, 3.63) is 0 Å². The van der Waals surface area contributed by atoms with Crippen LogP contribution in [0, 0.1) is 0 Å². The first kappa shape index (κ1) is 3670. The largest absolute Gasteiger partial charge is 3.00 e. The quantitative estimate of drug-likeness (QED) is 0.404. The monoisotopic (exact) mass is 158 g/mol. The van der Waals surface area contributed by atoms with Crippen molar-refractivity contribution in [2.75, 3.05) is 0 Å². The average Bonchev–Trinajstić information content (AvgIpc) is 0. The van der Waals surface area contributed by atoms with Crippen molar-refractivity contribution in [1.82, 2.24) is 0 Å². The molecule has 0 aromatic heterocycles. The minimum absolute atomic E-state index is 0. The van der Waals surface area contributed by atoms with Gasteiger partial charge in [0.1, 0.15) is 0 Å².